The highest BCUT2D eigenvalue weighted by atomic mass is 19.4. The van der Waals surface area contributed by atoms with E-state index < -0.39 is 11.7 Å². The summed E-state index contributed by atoms with van der Waals surface area (Å²) >= 11 is 0. The summed E-state index contributed by atoms with van der Waals surface area (Å²) in [5, 5.41) is 3.09. The second-order valence-corrected chi connectivity index (χ2v) is 5.14. The van der Waals surface area contributed by atoms with Crippen molar-refractivity contribution in [3.8, 4) is 0 Å². The number of rotatable bonds is 3. The van der Waals surface area contributed by atoms with Gasteiger partial charge in [0.15, 0.2) is 0 Å². The number of halogens is 3. The second-order valence-electron chi connectivity index (χ2n) is 5.14. The Morgan fingerprint density at radius 2 is 2.05 bits per heavy atom. The molecule has 1 aliphatic heterocycles. The molecule has 0 radical (unpaired) electrons. The van der Waals surface area contributed by atoms with Gasteiger partial charge in [0.05, 0.1) is 17.7 Å². The Labute approximate surface area is 109 Å². The Kier molecular flexibility index (Phi) is 3.12. The van der Waals surface area contributed by atoms with E-state index in [1.165, 1.54) is 6.20 Å². The van der Waals surface area contributed by atoms with Crippen molar-refractivity contribution < 1.29 is 17.9 Å². The van der Waals surface area contributed by atoms with Crippen molar-refractivity contribution in [3.63, 3.8) is 0 Å². The molecule has 1 saturated carbocycles. The normalized spacial score (nSPS) is 27.5. The summed E-state index contributed by atoms with van der Waals surface area (Å²) < 4.78 is 43.5. The lowest BCUT2D eigenvalue weighted by molar-refractivity contribution is -0.137. The number of hydrogen-bond donors (Lipinski definition) is 1. The summed E-state index contributed by atoms with van der Waals surface area (Å²) in [5.41, 5.74) is -0.674. The van der Waals surface area contributed by atoms with E-state index >= 15 is 0 Å². The zero-order valence-corrected chi connectivity index (χ0v) is 10.3. The Hall–Kier alpha value is -1.30. The van der Waals surface area contributed by atoms with Gasteiger partial charge in [0.1, 0.15) is 5.82 Å². The van der Waals surface area contributed by atoms with Gasteiger partial charge in [-0.05, 0) is 37.3 Å². The number of anilines is 1. The van der Waals surface area contributed by atoms with Gasteiger partial charge in [0, 0.05) is 12.8 Å². The predicted molar refractivity (Wildman–Crippen MR) is 63.7 cm³/mol. The zero-order valence-electron chi connectivity index (χ0n) is 10.3. The quantitative estimate of drug-likeness (QED) is 0.918. The van der Waals surface area contributed by atoms with Crippen LogP contribution in [0.5, 0.6) is 0 Å². The number of nitrogens with zero attached hydrogens (tertiary/aromatic N) is 1. The highest BCUT2D eigenvalue weighted by molar-refractivity contribution is 5.40. The van der Waals surface area contributed by atoms with Crippen LogP contribution in [0.3, 0.4) is 0 Å². The highest BCUT2D eigenvalue weighted by Crippen LogP contribution is 2.39. The van der Waals surface area contributed by atoms with Gasteiger partial charge in [-0.1, -0.05) is 0 Å². The molecule has 6 heteroatoms. The molecule has 1 aliphatic carbocycles. The van der Waals surface area contributed by atoms with Crippen LogP contribution in [0.4, 0.5) is 19.0 Å². The maximum absolute atomic E-state index is 12.6. The van der Waals surface area contributed by atoms with Gasteiger partial charge < -0.3 is 10.1 Å². The van der Waals surface area contributed by atoms with Crippen molar-refractivity contribution in [3.05, 3.63) is 23.9 Å². The van der Waals surface area contributed by atoms with Crippen LogP contribution in [0, 0.1) is 5.92 Å². The first-order valence-corrected chi connectivity index (χ1v) is 6.45. The summed E-state index contributed by atoms with van der Waals surface area (Å²) in [6.07, 6.45) is 0.0992. The molecule has 1 N–H and O–H groups in total. The minimum Gasteiger partial charge on any atom is -0.376 e. The smallest absolute Gasteiger partial charge is 0.376 e. The van der Waals surface area contributed by atoms with Crippen LogP contribution in [0.15, 0.2) is 18.3 Å². The van der Waals surface area contributed by atoms with Crippen LogP contribution in [0.25, 0.3) is 0 Å². The summed E-state index contributed by atoms with van der Waals surface area (Å²) in [7, 11) is 0. The van der Waals surface area contributed by atoms with E-state index in [0.717, 1.165) is 31.4 Å². The third kappa shape index (κ3) is 2.83. The molecule has 3 rings (SSSR count). The van der Waals surface area contributed by atoms with E-state index in [2.05, 4.69) is 10.3 Å². The Bertz CT molecular complexity index is 459. The monoisotopic (exact) mass is 272 g/mol. The molecule has 2 heterocycles. The lowest BCUT2D eigenvalue weighted by Crippen LogP contribution is -2.31. The van der Waals surface area contributed by atoms with Gasteiger partial charge in [0.2, 0.25) is 0 Å². The number of ether oxygens (including phenoxy) is 1. The molecular formula is C13H15F3N2O. The number of aromatic nitrogens is 1. The molecule has 19 heavy (non-hydrogen) atoms. The molecule has 1 aromatic rings. The molecule has 3 nitrogen and oxygen atoms in total. The van der Waals surface area contributed by atoms with E-state index in [4.69, 9.17) is 4.74 Å². The van der Waals surface area contributed by atoms with Gasteiger partial charge in [0.25, 0.3) is 0 Å². The lowest BCUT2D eigenvalue weighted by atomic mass is 10.1. The van der Waals surface area contributed by atoms with E-state index in [1.807, 2.05) is 0 Å². The second kappa shape index (κ2) is 4.67. The maximum atomic E-state index is 12.6. The van der Waals surface area contributed by atoms with E-state index in [9.17, 15) is 13.2 Å². The summed E-state index contributed by atoms with van der Waals surface area (Å²) in [6, 6.07) is 2.11. The van der Waals surface area contributed by atoms with Crippen LogP contribution in [-0.4, -0.2) is 23.7 Å². The first kappa shape index (κ1) is 12.7. The topological polar surface area (TPSA) is 34.2 Å². The van der Waals surface area contributed by atoms with E-state index in [0.29, 0.717) is 12.5 Å². The fourth-order valence-corrected chi connectivity index (χ4v) is 2.53. The van der Waals surface area contributed by atoms with Crippen LogP contribution in [0.1, 0.15) is 24.8 Å². The Morgan fingerprint density at radius 3 is 2.74 bits per heavy atom. The molecule has 2 aliphatic rings. The molecule has 0 spiro atoms. The van der Waals surface area contributed by atoms with Crippen molar-refractivity contribution in [1.29, 1.82) is 0 Å². The van der Waals surface area contributed by atoms with Crippen molar-refractivity contribution in [2.24, 2.45) is 5.92 Å². The Balaban J connectivity index is 1.72. The summed E-state index contributed by atoms with van der Waals surface area (Å²) in [6.45, 7) is 0.664. The lowest BCUT2D eigenvalue weighted by Gasteiger charge is -2.20. The maximum Gasteiger partial charge on any atom is 0.416 e. The van der Waals surface area contributed by atoms with Crippen LogP contribution >= 0.6 is 0 Å². The summed E-state index contributed by atoms with van der Waals surface area (Å²) in [5.74, 6) is 0.835. The molecule has 1 aromatic heterocycles. The molecule has 1 saturated heterocycles. The van der Waals surface area contributed by atoms with Crippen molar-refractivity contribution in [1.82, 2.24) is 4.98 Å². The SMILES string of the molecule is FC(F)(F)c1ccnc(NC2CCOC2C2CC2)c1. The third-order valence-corrected chi connectivity index (χ3v) is 3.64. The van der Waals surface area contributed by atoms with Gasteiger partial charge in [-0.2, -0.15) is 13.2 Å². The van der Waals surface area contributed by atoms with Crippen molar-refractivity contribution in [2.75, 3.05) is 11.9 Å². The average Bonchev–Trinajstić information content (AvgIpc) is 3.10. The minimum atomic E-state index is -4.33. The molecule has 2 atom stereocenters. The van der Waals surface area contributed by atoms with Gasteiger partial charge in [-0.15, -0.1) is 0 Å². The first-order chi connectivity index (χ1) is 9.04. The zero-order chi connectivity index (χ0) is 13.5. The minimum absolute atomic E-state index is 0.0727. The predicted octanol–water partition coefficient (Wildman–Crippen LogP) is 3.08. The molecule has 0 amide bonds. The third-order valence-electron chi connectivity index (χ3n) is 3.64. The summed E-state index contributed by atoms with van der Waals surface area (Å²) in [4.78, 5) is 3.96. The van der Waals surface area contributed by atoms with Gasteiger partial charge in [-0.3, -0.25) is 0 Å². The largest absolute Gasteiger partial charge is 0.416 e. The Morgan fingerprint density at radius 1 is 1.26 bits per heavy atom. The molecule has 0 bridgehead atoms. The van der Waals surface area contributed by atoms with Crippen LogP contribution in [0.2, 0.25) is 0 Å². The standard InChI is InChI=1S/C13H15F3N2O/c14-13(15,16)9-3-5-17-11(7-9)18-10-4-6-19-12(10)8-1-2-8/h3,5,7-8,10,12H,1-2,4,6H2,(H,17,18). The van der Waals surface area contributed by atoms with Crippen molar-refractivity contribution in [2.45, 2.75) is 37.6 Å². The van der Waals surface area contributed by atoms with E-state index in [1.54, 1.807) is 0 Å². The fraction of sp³-hybridized carbons (Fsp3) is 0.615. The van der Waals surface area contributed by atoms with Crippen LogP contribution < -0.4 is 5.32 Å². The molecule has 0 aromatic carbocycles. The average molecular weight is 272 g/mol. The number of alkyl halides is 3. The van der Waals surface area contributed by atoms with Gasteiger partial charge >= 0.3 is 6.18 Å². The number of nitrogens with one attached hydrogen (secondary N) is 1. The molecular weight excluding hydrogens is 257 g/mol. The molecule has 2 fully saturated rings. The first-order valence-electron chi connectivity index (χ1n) is 6.45. The van der Waals surface area contributed by atoms with Crippen molar-refractivity contribution >= 4 is 5.82 Å². The van der Waals surface area contributed by atoms with Gasteiger partial charge in [-0.25, -0.2) is 4.98 Å². The molecule has 2 unspecified atom stereocenters. The van der Waals surface area contributed by atoms with E-state index in [-0.39, 0.29) is 18.0 Å². The number of pyridine rings is 1. The number of hydrogen-bond acceptors (Lipinski definition) is 3. The fourth-order valence-electron chi connectivity index (χ4n) is 2.53. The highest BCUT2D eigenvalue weighted by Gasteiger charge is 2.41. The van der Waals surface area contributed by atoms with Crippen LogP contribution in [-0.2, 0) is 10.9 Å². The molecule has 104 valence electrons.